The van der Waals surface area contributed by atoms with Crippen LogP contribution in [-0.2, 0) is 6.54 Å². The van der Waals surface area contributed by atoms with E-state index in [0.29, 0.717) is 6.04 Å². The molecule has 3 nitrogen and oxygen atoms in total. The van der Waals surface area contributed by atoms with E-state index in [0.717, 1.165) is 23.6 Å². The number of nitrogens with one attached hydrogen (secondary N) is 1. The minimum atomic E-state index is 0.593. The Kier molecular flexibility index (Phi) is 8.12. The standard InChI is InChI=1S/C17H29NO2/c1-5-7-9-15(8-6-2)18-13-14-12-16(19-3)10-11-17(14)20-4/h10-12,15,18H,5-9,13H2,1-4H3. The highest BCUT2D eigenvalue weighted by Crippen LogP contribution is 2.24. The topological polar surface area (TPSA) is 30.5 Å². The summed E-state index contributed by atoms with van der Waals surface area (Å²) in [5.41, 5.74) is 1.16. The Morgan fingerprint density at radius 2 is 1.85 bits per heavy atom. The van der Waals surface area contributed by atoms with Crippen LogP contribution in [0.4, 0.5) is 0 Å². The highest BCUT2D eigenvalue weighted by molar-refractivity contribution is 5.40. The Morgan fingerprint density at radius 1 is 1.05 bits per heavy atom. The lowest BCUT2D eigenvalue weighted by Gasteiger charge is -2.19. The van der Waals surface area contributed by atoms with Crippen LogP contribution in [-0.4, -0.2) is 20.3 Å². The predicted octanol–water partition coefficient (Wildman–Crippen LogP) is 4.15. The molecule has 1 aromatic rings. The maximum absolute atomic E-state index is 5.42. The van der Waals surface area contributed by atoms with Crippen molar-refractivity contribution in [2.75, 3.05) is 14.2 Å². The van der Waals surface area contributed by atoms with Crippen LogP contribution in [0.1, 0.15) is 51.5 Å². The fourth-order valence-electron chi connectivity index (χ4n) is 2.42. The summed E-state index contributed by atoms with van der Waals surface area (Å²) in [6.07, 6.45) is 6.23. The Bertz CT molecular complexity index is 379. The van der Waals surface area contributed by atoms with E-state index in [-0.39, 0.29) is 0 Å². The molecule has 1 atom stereocenters. The van der Waals surface area contributed by atoms with Gasteiger partial charge < -0.3 is 14.8 Å². The van der Waals surface area contributed by atoms with Gasteiger partial charge in [-0.2, -0.15) is 0 Å². The van der Waals surface area contributed by atoms with E-state index in [2.05, 4.69) is 25.2 Å². The molecule has 114 valence electrons. The Balaban J connectivity index is 2.65. The van der Waals surface area contributed by atoms with Gasteiger partial charge >= 0.3 is 0 Å². The molecule has 0 fully saturated rings. The molecule has 1 N–H and O–H groups in total. The van der Waals surface area contributed by atoms with Gasteiger partial charge in [0, 0.05) is 18.2 Å². The third kappa shape index (κ3) is 5.41. The van der Waals surface area contributed by atoms with Crippen molar-refractivity contribution in [3.63, 3.8) is 0 Å². The van der Waals surface area contributed by atoms with Gasteiger partial charge in [0.05, 0.1) is 14.2 Å². The Hall–Kier alpha value is -1.22. The van der Waals surface area contributed by atoms with Crippen LogP contribution >= 0.6 is 0 Å². The average molecular weight is 279 g/mol. The second-order valence-corrected chi connectivity index (χ2v) is 5.19. The van der Waals surface area contributed by atoms with Gasteiger partial charge in [0.1, 0.15) is 11.5 Å². The van der Waals surface area contributed by atoms with Crippen LogP contribution in [0.3, 0.4) is 0 Å². The number of benzene rings is 1. The van der Waals surface area contributed by atoms with Crippen LogP contribution in [0.5, 0.6) is 11.5 Å². The zero-order valence-electron chi connectivity index (χ0n) is 13.4. The Labute approximate surface area is 123 Å². The molecular weight excluding hydrogens is 250 g/mol. The van der Waals surface area contributed by atoms with Crippen molar-refractivity contribution < 1.29 is 9.47 Å². The van der Waals surface area contributed by atoms with Crippen molar-refractivity contribution in [1.29, 1.82) is 0 Å². The van der Waals surface area contributed by atoms with E-state index in [1.807, 2.05) is 12.1 Å². The van der Waals surface area contributed by atoms with Crippen molar-refractivity contribution >= 4 is 0 Å². The molecule has 0 aliphatic heterocycles. The normalized spacial score (nSPS) is 12.2. The van der Waals surface area contributed by atoms with Gasteiger partial charge in [0.25, 0.3) is 0 Å². The lowest BCUT2D eigenvalue weighted by Crippen LogP contribution is -2.28. The van der Waals surface area contributed by atoms with Crippen molar-refractivity contribution in [3.05, 3.63) is 23.8 Å². The van der Waals surface area contributed by atoms with Crippen molar-refractivity contribution in [2.45, 2.75) is 58.5 Å². The first-order valence-corrected chi connectivity index (χ1v) is 7.69. The van der Waals surface area contributed by atoms with E-state index in [4.69, 9.17) is 9.47 Å². The minimum absolute atomic E-state index is 0.593. The maximum atomic E-state index is 5.42. The zero-order chi connectivity index (χ0) is 14.8. The summed E-state index contributed by atoms with van der Waals surface area (Å²) in [5.74, 6) is 1.80. The fraction of sp³-hybridized carbons (Fsp3) is 0.647. The summed E-state index contributed by atoms with van der Waals surface area (Å²) in [6, 6.07) is 6.55. The second kappa shape index (κ2) is 9.65. The van der Waals surface area contributed by atoms with Crippen LogP contribution in [0.25, 0.3) is 0 Å². The molecule has 0 spiro atoms. The molecule has 20 heavy (non-hydrogen) atoms. The highest BCUT2D eigenvalue weighted by atomic mass is 16.5. The molecule has 3 heteroatoms. The molecular formula is C17H29NO2. The number of unbranched alkanes of at least 4 members (excludes halogenated alkanes) is 1. The third-order valence-electron chi connectivity index (χ3n) is 3.61. The second-order valence-electron chi connectivity index (χ2n) is 5.19. The monoisotopic (exact) mass is 279 g/mol. The fourth-order valence-corrected chi connectivity index (χ4v) is 2.42. The SMILES string of the molecule is CCCCC(CCC)NCc1cc(OC)ccc1OC. The molecule has 0 saturated heterocycles. The molecule has 0 aliphatic rings. The van der Waals surface area contributed by atoms with Gasteiger partial charge in [-0.1, -0.05) is 33.1 Å². The summed E-state index contributed by atoms with van der Waals surface area (Å²) in [7, 11) is 3.41. The lowest BCUT2D eigenvalue weighted by molar-refractivity contribution is 0.389. The Morgan fingerprint density at radius 3 is 2.45 bits per heavy atom. The lowest BCUT2D eigenvalue weighted by atomic mass is 10.0. The number of hydrogen-bond acceptors (Lipinski definition) is 3. The summed E-state index contributed by atoms with van der Waals surface area (Å²) in [5, 5.41) is 3.66. The van der Waals surface area contributed by atoms with Crippen LogP contribution in [0, 0.1) is 0 Å². The molecule has 0 aliphatic carbocycles. The van der Waals surface area contributed by atoms with Crippen molar-refractivity contribution in [1.82, 2.24) is 5.32 Å². The number of rotatable bonds is 10. The molecule has 0 amide bonds. The van der Waals surface area contributed by atoms with Gasteiger partial charge in [-0.3, -0.25) is 0 Å². The third-order valence-corrected chi connectivity index (χ3v) is 3.61. The van der Waals surface area contributed by atoms with E-state index >= 15 is 0 Å². The van der Waals surface area contributed by atoms with Crippen LogP contribution < -0.4 is 14.8 Å². The summed E-state index contributed by atoms with van der Waals surface area (Å²) in [4.78, 5) is 0. The van der Waals surface area contributed by atoms with E-state index in [1.165, 1.54) is 32.1 Å². The molecule has 1 rings (SSSR count). The van der Waals surface area contributed by atoms with E-state index in [1.54, 1.807) is 14.2 Å². The van der Waals surface area contributed by atoms with Gasteiger partial charge in [-0.15, -0.1) is 0 Å². The maximum Gasteiger partial charge on any atom is 0.123 e. The minimum Gasteiger partial charge on any atom is -0.497 e. The van der Waals surface area contributed by atoms with Gasteiger partial charge in [0.2, 0.25) is 0 Å². The van der Waals surface area contributed by atoms with Gasteiger partial charge in [0.15, 0.2) is 0 Å². The first-order chi connectivity index (χ1) is 9.74. The first-order valence-electron chi connectivity index (χ1n) is 7.69. The molecule has 0 heterocycles. The van der Waals surface area contributed by atoms with Crippen molar-refractivity contribution in [2.24, 2.45) is 0 Å². The first kappa shape index (κ1) is 16.8. The molecule has 0 radical (unpaired) electrons. The smallest absolute Gasteiger partial charge is 0.123 e. The predicted molar refractivity (Wildman–Crippen MR) is 84.6 cm³/mol. The summed E-state index contributed by atoms with van der Waals surface area (Å²) >= 11 is 0. The van der Waals surface area contributed by atoms with Gasteiger partial charge in [-0.25, -0.2) is 0 Å². The average Bonchev–Trinajstić information content (AvgIpc) is 2.49. The molecule has 0 aromatic heterocycles. The molecule has 0 saturated carbocycles. The zero-order valence-corrected chi connectivity index (χ0v) is 13.4. The molecule has 1 unspecified atom stereocenters. The van der Waals surface area contributed by atoms with Gasteiger partial charge in [-0.05, 0) is 31.0 Å². The molecule has 0 bridgehead atoms. The van der Waals surface area contributed by atoms with Crippen LogP contribution in [0.15, 0.2) is 18.2 Å². The van der Waals surface area contributed by atoms with Crippen molar-refractivity contribution in [3.8, 4) is 11.5 Å². The van der Waals surface area contributed by atoms with Crippen LogP contribution in [0.2, 0.25) is 0 Å². The largest absolute Gasteiger partial charge is 0.497 e. The number of hydrogen-bond donors (Lipinski definition) is 1. The quantitative estimate of drug-likeness (QED) is 0.698. The molecule has 1 aromatic carbocycles. The highest BCUT2D eigenvalue weighted by Gasteiger charge is 2.09. The number of ether oxygens (including phenoxy) is 2. The summed E-state index contributed by atoms with van der Waals surface area (Å²) < 4.78 is 10.7. The summed E-state index contributed by atoms with van der Waals surface area (Å²) in [6.45, 7) is 5.32. The van der Waals surface area contributed by atoms with E-state index in [9.17, 15) is 0 Å². The van der Waals surface area contributed by atoms with E-state index < -0.39 is 0 Å². The number of methoxy groups -OCH3 is 2.